The quantitative estimate of drug-likeness (QED) is 0.0262. The number of hydrogen-bond donors (Lipinski definition) is 0. The van der Waals surface area contributed by atoms with E-state index in [1.807, 2.05) is 0 Å². The smallest absolute Gasteiger partial charge is 0.306 e. The molecule has 0 radical (unpaired) electrons. The molecule has 0 aromatic carbocycles. The molecule has 0 aliphatic heterocycles. The van der Waals surface area contributed by atoms with Crippen LogP contribution in [0.1, 0.15) is 303 Å². The molecular weight excluding hydrogens is 805 g/mol. The zero-order chi connectivity index (χ0) is 47.2. The fraction of sp³-hybridized carbons (Fsp3) is 0.847. The second-order valence-electron chi connectivity index (χ2n) is 19.3. The SMILES string of the molecule is CCCCCCC\C=C/C=C\C=C/CCCCCCCC(=O)OC(COC(=O)CCCCCCCCCCCC)COC(=O)CCCCCCCCCCCCCCCCCCCCC. The maximum Gasteiger partial charge on any atom is 0.306 e. The van der Waals surface area contributed by atoms with Gasteiger partial charge in [0.15, 0.2) is 6.10 Å². The molecule has 380 valence electrons. The van der Waals surface area contributed by atoms with Gasteiger partial charge < -0.3 is 14.2 Å². The van der Waals surface area contributed by atoms with Gasteiger partial charge in [-0.1, -0.05) is 276 Å². The summed E-state index contributed by atoms with van der Waals surface area (Å²) in [6.45, 7) is 6.63. The zero-order valence-electron chi connectivity index (χ0n) is 43.5. The first-order valence-electron chi connectivity index (χ1n) is 28.5. The largest absolute Gasteiger partial charge is 0.462 e. The third kappa shape index (κ3) is 52.5. The lowest BCUT2D eigenvalue weighted by Crippen LogP contribution is -2.30. The molecule has 1 atom stereocenters. The predicted octanol–water partition coefficient (Wildman–Crippen LogP) is 18.9. The van der Waals surface area contributed by atoms with Gasteiger partial charge in [-0.3, -0.25) is 14.4 Å². The molecule has 0 amide bonds. The Morgan fingerprint density at radius 2 is 0.554 bits per heavy atom. The molecule has 6 nitrogen and oxygen atoms in total. The lowest BCUT2D eigenvalue weighted by Gasteiger charge is -2.18. The summed E-state index contributed by atoms with van der Waals surface area (Å²) in [7, 11) is 0. The fourth-order valence-electron chi connectivity index (χ4n) is 8.39. The number of carbonyl (C=O) groups excluding carboxylic acids is 3. The van der Waals surface area contributed by atoms with Gasteiger partial charge in [-0.2, -0.15) is 0 Å². The van der Waals surface area contributed by atoms with Crippen LogP contribution < -0.4 is 0 Å². The van der Waals surface area contributed by atoms with Crippen LogP contribution in [0.2, 0.25) is 0 Å². The minimum absolute atomic E-state index is 0.0760. The molecule has 0 aromatic heterocycles. The van der Waals surface area contributed by atoms with Gasteiger partial charge in [0, 0.05) is 19.3 Å². The molecule has 1 unspecified atom stereocenters. The first kappa shape index (κ1) is 62.6. The molecule has 0 spiro atoms. The standard InChI is InChI=1S/C59H108O6/c1-4-7-10-13-16-19-22-24-26-28-30-32-33-35-37-40-43-46-49-52-58(61)64-55-56(54-63-57(60)51-48-45-42-39-21-18-15-12-9-6-3)65-59(62)53-50-47-44-41-38-36-34-31-29-27-25-23-20-17-14-11-8-5-2/h23,25,27,29,31,34,56H,4-22,24,26,28,30,32-33,35-55H2,1-3H3/b25-23-,29-27-,34-31-. The summed E-state index contributed by atoms with van der Waals surface area (Å²) in [6, 6.07) is 0. The summed E-state index contributed by atoms with van der Waals surface area (Å²) in [5.41, 5.74) is 0. The van der Waals surface area contributed by atoms with Gasteiger partial charge in [-0.25, -0.2) is 0 Å². The summed E-state index contributed by atoms with van der Waals surface area (Å²) in [6.07, 6.45) is 64.2. The molecule has 0 N–H and O–H groups in total. The van der Waals surface area contributed by atoms with Gasteiger partial charge in [0.25, 0.3) is 0 Å². The number of esters is 3. The number of allylic oxidation sites excluding steroid dienone is 6. The van der Waals surface area contributed by atoms with Crippen LogP contribution in [0.25, 0.3) is 0 Å². The topological polar surface area (TPSA) is 78.9 Å². The van der Waals surface area contributed by atoms with Crippen molar-refractivity contribution in [3.63, 3.8) is 0 Å². The number of ether oxygens (including phenoxy) is 3. The Bertz CT molecular complexity index is 1090. The van der Waals surface area contributed by atoms with Crippen LogP contribution in [0.15, 0.2) is 36.5 Å². The minimum atomic E-state index is -0.778. The molecule has 0 heterocycles. The highest BCUT2D eigenvalue weighted by Gasteiger charge is 2.19. The van der Waals surface area contributed by atoms with Crippen molar-refractivity contribution in [3.8, 4) is 0 Å². The highest BCUT2D eigenvalue weighted by atomic mass is 16.6. The van der Waals surface area contributed by atoms with Gasteiger partial charge in [-0.05, 0) is 44.9 Å². The van der Waals surface area contributed by atoms with Crippen LogP contribution in [0, 0.1) is 0 Å². The van der Waals surface area contributed by atoms with Crippen molar-refractivity contribution in [2.45, 2.75) is 309 Å². The van der Waals surface area contributed by atoms with Gasteiger partial charge in [0.1, 0.15) is 13.2 Å². The average Bonchev–Trinajstić information content (AvgIpc) is 3.30. The first-order valence-corrected chi connectivity index (χ1v) is 28.5. The molecule has 65 heavy (non-hydrogen) atoms. The van der Waals surface area contributed by atoms with Gasteiger partial charge in [0.2, 0.25) is 0 Å². The lowest BCUT2D eigenvalue weighted by molar-refractivity contribution is -0.167. The molecule has 0 fully saturated rings. The Morgan fingerprint density at radius 3 is 0.846 bits per heavy atom. The van der Waals surface area contributed by atoms with Crippen molar-refractivity contribution in [3.05, 3.63) is 36.5 Å². The lowest BCUT2D eigenvalue weighted by atomic mass is 10.0. The highest BCUT2D eigenvalue weighted by Crippen LogP contribution is 2.17. The monoisotopic (exact) mass is 913 g/mol. The van der Waals surface area contributed by atoms with E-state index in [4.69, 9.17) is 14.2 Å². The van der Waals surface area contributed by atoms with Crippen molar-refractivity contribution < 1.29 is 28.6 Å². The van der Waals surface area contributed by atoms with E-state index in [1.165, 1.54) is 186 Å². The molecular formula is C59H108O6. The second-order valence-corrected chi connectivity index (χ2v) is 19.3. The third-order valence-electron chi connectivity index (χ3n) is 12.7. The first-order chi connectivity index (χ1) is 32.0. The van der Waals surface area contributed by atoms with E-state index in [9.17, 15) is 14.4 Å². The molecule has 0 saturated carbocycles. The summed E-state index contributed by atoms with van der Waals surface area (Å²) in [5.74, 6) is -0.881. The number of rotatable bonds is 52. The summed E-state index contributed by atoms with van der Waals surface area (Å²) >= 11 is 0. The van der Waals surface area contributed by atoms with Crippen LogP contribution in [0.4, 0.5) is 0 Å². The Hall–Kier alpha value is -2.37. The van der Waals surface area contributed by atoms with Crippen LogP contribution in [-0.4, -0.2) is 37.2 Å². The van der Waals surface area contributed by atoms with Crippen molar-refractivity contribution in [2.24, 2.45) is 0 Å². The van der Waals surface area contributed by atoms with E-state index in [0.717, 1.165) is 77.0 Å². The Morgan fingerprint density at radius 1 is 0.308 bits per heavy atom. The van der Waals surface area contributed by atoms with Gasteiger partial charge >= 0.3 is 17.9 Å². The number of unbranched alkanes of at least 4 members (excludes halogenated alkanes) is 37. The van der Waals surface area contributed by atoms with E-state index >= 15 is 0 Å². The molecule has 0 aliphatic carbocycles. The molecule has 0 rings (SSSR count). The summed E-state index contributed by atoms with van der Waals surface area (Å²) < 4.78 is 16.8. The number of hydrogen-bond acceptors (Lipinski definition) is 6. The van der Waals surface area contributed by atoms with Crippen molar-refractivity contribution >= 4 is 17.9 Å². The Labute approximate surface area is 404 Å². The molecule has 0 aromatic rings. The zero-order valence-corrected chi connectivity index (χ0v) is 43.5. The highest BCUT2D eigenvalue weighted by molar-refractivity contribution is 5.71. The Balaban J connectivity index is 4.31. The van der Waals surface area contributed by atoms with Crippen LogP contribution in [0.5, 0.6) is 0 Å². The minimum Gasteiger partial charge on any atom is -0.462 e. The van der Waals surface area contributed by atoms with Crippen molar-refractivity contribution in [1.82, 2.24) is 0 Å². The normalized spacial score (nSPS) is 12.2. The van der Waals surface area contributed by atoms with Gasteiger partial charge in [0.05, 0.1) is 0 Å². The van der Waals surface area contributed by atoms with E-state index in [2.05, 4.69) is 57.2 Å². The summed E-state index contributed by atoms with van der Waals surface area (Å²) in [5, 5.41) is 0. The third-order valence-corrected chi connectivity index (χ3v) is 12.7. The Kier molecular flexibility index (Phi) is 52.3. The van der Waals surface area contributed by atoms with E-state index < -0.39 is 6.10 Å². The van der Waals surface area contributed by atoms with Gasteiger partial charge in [-0.15, -0.1) is 0 Å². The van der Waals surface area contributed by atoms with Crippen molar-refractivity contribution in [2.75, 3.05) is 13.2 Å². The second kappa shape index (κ2) is 54.2. The maximum absolute atomic E-state index is 12.8. The predicted molar refractivity (Wildman–Crippen MR) is 279 cm³/mol. The average molecular weight is 914 g/mol. The maximum atomic E-state index is 12.8. The molecule has 0 saturated heterocycles. The van der Waals surface area contributed by atoms with E-state index in [1.54, 1.807) is 0 Å². The van der Waals surface area contributed by atoms with Crippen molar-refractivity contribution in [1.29, 1.82) is 0 Å². The van der Waals surface area contributed by atoms with E-state index in [0.29, 0.717) is 19.3 Å². The summed E-state index contributed by atoms with van der Waals surface area (Å²) in [4.78, 5) is 38.0. The molecule has 0 aliphatic rings. The van der Waals surface area contributed by atoms with Crippen LogP contribution in [-0.2, 0) is 28.6 Å². The fourth-order valence-corrected chi connectivity index (χ4v) is 8.39. The number of carbonyl (C=O) groups is 3. The van der Waals surface area contributed by atoms with Crippen LogP contribution >= 0.6 is 0 Å². The molecule has 0 bridgehead atoms. The van der Waals surface area contributed by atoms with E-state index in [-0.39, 0.29) is 31.1 Å². The van der Waals surface area contributed by atoms with Crippen LogP contribution in [0.3, 0.4) is 0 Å². The molecule has 6 heteroatoms.